The molecular weight excluding hydrogens is 658 g/mol. The molecule has 294 valence electrons. The second-order valence-corrected chi connectivity index (χ2v) is 13.7. The molecule has 0 radical (unpaired) electrons. The number of likely N-dealkylation sites (tertiary alicyclic amines) is 1. The van der Waals surface area contributed by atoms with Gasteiger partial charge < -0.3 is 54.2 Å². The van der Waals surface area contributed by atoms with Crippen LogP contribution in [0.15, 0.2) is 0 Å². The summed E-state index contributed by atoms with van der Waals surface area (Å²) in [5, 5.41) is 20.7. The van der Waals surface area contributed by atoms with Gasteiger partial charge in [0.1, 0.15) is 30.2 Å². The van der Waals surface area contributed by atoms with Crippen molar-refractivity contribution in [2.45, 2.75) is 153 Å². The van der Waals surface area contributed by atoms with E-state index in [1.54, 1.807) is 0 Å². The normalized spacial score (nSPS) is 17.8. The molecule has 1 fully saturated rings. The minimum absolute atomic E-state index is 0.211. The maximum Gasteiger partial charge on any atom is 0.326 e. The average Bonchev–Trinajstić information content (AvgIpc) is 3.61. The number of nitrogens with zero attached hydrogens (tertiary/aromatic N) is 1. The van der Waals surface area contributed by atoms with Gasteiger partial charge in [-0.3, -0.25) is 24.0 Å². The fourth-order valence-electron chi connectivity index (χ4n) is 6.08. The third kappa shape index (κ3) is 16.3. The second kappa shape index (κ2) is 25.6. The molecule has 16 heteroatoms. The molecule has 1 aliphatic rings. The van der Waals surface area contributed by atoms with Crippen LogP contribution in [0.5, 0.6) is 0 Å². The topological polar surface area (TPSA) is 278 Å². The zero-order valence-electron chi connectivity index (χ0n) is 31.1. The first-order valence-corrected chi connectivity index (χ1v) is 19.0. The number of carbonyl (C=O) groups is 6. The monoisotopic (exact) mass is 726 g/mol. The molecule has 1 heterocycles. The number of rotatable bonds is 27. The number of amides is 5. The molecule has 0 saturated carbocycles. The molecule has 0 spiro atoms. The van der Waals surface area contributed by atoms with Gasteiger partial charge >= 0.3 is 5.97 Å². The molecule has 51 heavy (non-hydrogen) atoms. The van der Waals surface area contributed by atoms with E-state index >= 15 is 0 Å². The van der Waals surface area contributed by atoms with Crippen LogP contribution in [0.1, 0.15) is 117 Å². The highest BCUT2D eigenvalue weighted by atomic mass is 16.4. The molecular formula is C35H67N9O7. The second-order valence-electron chi connectivity index (χ2n) is 13.7. The first kappa shape index (κ1) is 45.7. The Hall–Kier alpha value is -3.34. The zero-order chi connectivity index (χ0) is 38.3. The highest BCUT2D eigenvalue weighted by molar-refractivity contribution is 5.96. The van der Waals surface area contributed by atoms with Crippen molar-refractivity contribution in [3.63, 3.8) is 0 Å². The Bertz CT molecular complexity index is 1100. The molecule has 5 amide bonds. The Morgan fingerprint density at radius 1 is 0.706 bits per heavy atom. The Morgan fingerprint density at radius 2 is 1.25 bits per heavy atom. The summed E-state index contributed by atoms with van der Waals surface area (Å²) in [7, 11) is 0. The Kier molecular flexibility index (Phi) is 22.9. The highest BCUT2D eigenvalue weighted by Gasteiger charge is 2.40. The molecule has 0 aromatic carbocycles. The number of carbonyl (C=O) groups excluding carboxylic acids is 5. The number of hydrogen-bond acceptors (Lipinski definition) is 10. The maximum atomic E-state index is 14.0. The van der Waals surface area contributed by atoms with E-state index in [1.165, 1.54) is 4.90 Å². The van der Waals surface area contributed by atoms with Gasteiger partial charge in [-0.25, -0.2) is 4.79 Å². The number of hydrogen-bond donors (Lipinski definition) is 9. The van der Waals surface area contributed by atoms with Crippen molar-refractivity contribution in [3.8, 4) is 0 Å². The third-order valence-corrected chi connectivity index (χ3v) is 9.54. The van der Waals surface area contributed by atoms with Crippen LogP contribution in [-0.2, 0) is 28.8 Å². The van der Waals surface area contributed by atoms with Crippen LogP contribution in [-0.4, -0.2) is 108 Å². The minimum atomic E-state index is -1.16. The predicted octanol–water partition coefficient (Wildman–Crippen LogP) is -0.0482. The summed E-state index contributed by atoms with van der Waals surface area (Å²) >= 11 is 0. The van der Waals surface area contributed by atoms with Gasteiger partial charge in [0.2, 0.25) is 29.5 Å². The number of nitrogens with two attached hydrogens (primary N) is 4. The van der Waals surface area contributed by atoms with Gasteiger partial charge in [0, 0.05) is 6.54 Å². The van der Waals surface area contributed by atoms with E-state index < -0.39 is 71.8 Å². The van der Waals surface area contributed by atoms with Gasteiger partial charge in [0.25, 0.3) is 0 Å². The van der Waals surface area contributed by atoms with E-state index in [9.17, 15) is 33.9 Å². The quantitative estimate of drug-likeness (QED) is 0.0507. The van der Waals surface area contributed by atoms with E-state index in [1.807, 2.05) is 20.8 Å². The molecule has 16 nitrogen and oxygen atoms in total. The smallest absolute Gasteiger partial charge is 0.326 e. The highest BCUT2D eigenvalue weighted by Crippen LogP contribution is 2.21. The van der Waals surface area contributed by atoms with Crippen molar-refractivity contribution < 1.29 is 33.9 Å². The van der Waals surface area contributed by atoms with Crippen molar-refractivity contribution in [1.82, 2.24) is 26.2 Å². The van der Waals surface area contributed by atoms with Crippen LogP contribution >= 0.6 is 0 Å². The fraction of sp³-hybridized carbons (Fsp3) is 0.829. The van der Waals surface area contributed by atoms with Crippen molar-refractivity contribution in [1.29, 1.82) is 0 Å². The Labute approximate surface area is 303 Å². The SMILES string of the molecule is CCCCC(N)C(=O)N[C@@H](CCCCN)C(=O)N[C@H](C(=O)N[C@@H](CCCCN)C(=O)N1CCC[C@H]1C(=O)N[C@@H](CCCCN)C(=O)O)[C@@H](C)CC. The van der Waals surface area contributed by atoms with Crippen LogP contribution in [0.2, 0.25) is 0 Å². The van der Waals surface area contributed by atoms with E-state index in [2.05, 4.69) is 21.3 Å². The number of aliphatic carboxylic acids is 1. The summed E-state index contributed by atoms with van der Waals surface area (Å²) in [5.41, 5.74) is 23.0. The summed E-state index contributed by atoms with van der Waals surface area (Å²) in [5.74, 6) is -4.07. The first-order chi connectivity index (χ1) is 24.4. The van der Waals surface area contributed by atoms with Gasteiger partial charge in [-0.2, -0.15) is 0 Å². The molecule has 13 N–H and O–H groups in total. The largest absolute Gasteiger partial charge is 0.480 e. The minimum Gasteiger partial charge on any atom is -0.480 e. The molecule has 0 aromatic rings. The number of unbranched alkanes of at least 4 members (excludes halogenated alkanes) is 4. The Morgan fingerprint density at radius 3 is 1.78 bits per heavy atom. The van der Waals surface area contributed by atoms with Crippen LogP contribution in [0.3, 0.4) is 0 Å². The van der Waals surface area contributed by atoms with Gasteiger partial charge in [0.15, 0.2) is 0 Å². The molecule has 0 bridgehead atoms. The van der Waals surface area contributed by atoms with Crippen molar-refractivity contribution >= 4 is 35.5 Å². The average molecular weight is 726 g/mol. The van der Waals surface area contributed by atoms with Crippen molar-refractivity contribution in [3.05, 3.63) is 0 Å². The van der Waals surface area contributed by atoms with Gasteiger partial charge in [0.05, 0.1) is 6.04 Å². The van der Waals surface area contributed by atoms with Crippen LogP contribution in [0.25, 0.3) is 0 Å². The standard InChI is InChI=1S/C35H67N9O7/c1-4-6-14-24(39)30(45)40-25(15-7-10-19-36)31(46)43-29(23(3)5-2)33(48)41-26(16-8-11-20-37)34(49)44-22-13-18-28(44)32(47)42-27(35(50)51)17-9-12-21-38/h23-29H,4-22,36-39H2,1-3H3,(H,40,45)(H,41,48)(H,42,47)(H,43,46)(H,50,51)/t23-,24?,25-,26-,27-,28-,29-/m0/s1. The Balaban J connectivity index is 3.21. The summed E-state index contributed by atoms with van der Waals surface area (Å²) in [4.78, 5) is 81.1. The summed E-state index contributed by atoms with van der Waals surface area (Å²) in [6.07, 6.45) is 7.76. The molecule has 7 atom stereocenters. The summed E-state index contributed by atoms with van der Waals surface area (Å²) < 4.78 is 0. The zero-order valence-corrected chi connectivity index (χ0v) is 31.1. The fourth-order valence-corrected chi connectivity index (χ4v) is 6.08. The molecule has 1 unspecified atom stereocenters. The predicted molar refractivity (Wildman–Crippen MR) is 196 cm³/mol. The van der Waals surface area contributed by atoms with Gasteiger partial charge in [-0.15, -0.1) is 0 Å². The molecule has 1 aliphatic heterocycles. The maximum absolute atomic E-state index is 14.0. The molecule has 1 saturated heterocycles. The third-order valence-electron chi connectivity index (χ3n) is 9.54. The van der Waals surface area contributed by atoms with Gasteiger partial charge in [-0.05, 0) is 103 Å². The lowest BCUT2D eigenvalue weighted by Gasteiger charge is -2.32. The molecule has 1 rings (SSSR count). The van der Waals surface area contributed by atoms with E-state index in [-0.39, 0.29) is 25.3 Å². The van der Waals surface area contributed by atoms with Crippen molar-refractivity contribution in [2.24, 2.45) is 28.9 Å². The number of nitrogens with one attached hydrogen (secondary N) is 4. The van der Waals surface area contributed by atoms with E-state index in [4.69, 9.17) is 22.9 Å². The van der Waals surface area contributed by atoms with Gasteiger partial charge in [-0.1, -0.05) is 40.0 Å². The summed E-state index contributed by atoms with van der Waals surface area (Å²) in [6.45, 7) is 7.16. The first-order valence-electron chi connectivity index (χ1n) is 19.0. The van der Waals surface area contributed by atoms with Crippen LogP contribution in [0.4, 0.5) is 0 Å². The van der Waals surface area contributed by atoms with E-state index in [0.717, 1.165) is 12.8 Å². The number of carboxylic acid groups (broad SMARTS) is 1. The van der Waals surface area contributed by atoms with Crippen LogP contribution in [0, 0.1) is 5.92 Å². The number of carboxylic acids is 1. The van der Waals surface area contributed by atoms with Crippen LogP contribution < -0.4 is 44.2 Å². The molecule has 0 aliphatic carbocycles. The lowest BCUT2D eigenvalue weighted by molar-refractivity contribution is -0.145. The summed E-state index contributed by atoms with van der Waals surface area (Å²) in [6, 6.07) is -5.76. The lowest BCUT2D eigenvalue weighted by Crippen LogP contribution is -2.60. The lowest BCUT2D eigenvalue weighted by atomic mass is 9.96. The van der Waals surface area contributed by atoms with Crippen molar-refractivity contribution in [2.75, 3.05) is 26.2 Å². The van der Waals surface area contributed by atoms with E-state index in [0.29, 0.717) is 90.3 Å². The molecule has 0 aromatic heterocycles.